The van der Waals surface area contributed by atoms with Crippen molar-refractivity contribution >= 4 is 33.8 Å². The number of hydrogen-bond donors (Lipinski definition) is 1. The van der Waals surface area contributed by atoms with Crippen LogP contribution in [0.3, 0.4) is 0 Å². The zero-order valence-corrected chi connectivity index (χ0v) is 21.7. The molecule has 3 heterocycles. The molecule has 1 aliphatic heterocycles. The van der Waals surface area contributed by atoms with Gasteiger partial charge >= 0.3 is 6.18 Å². The lowest BCUT2D eigenvalue weighted by Gasteiger charge is -2.23. The summed E-state index contributed by atoms with van der Waals surface area (Å²) in [6, 6.07) is 2.89. The molecule has 1 N–H and O–H groups in total. The minimum atomic E-state index is -4.52. The number of thiazole rings is 1. The van der Waals surface area contributed by atoms with Crippen molar-refractivity contribution < 1.29 is 17.9 Å². The van der Waals surface area contributed by atoms with Gasteiger partial charge in [0.2, 0.25) is 0 Å². The van der Waals surface area contributed by atoms with E-state index in [-0.39, 0.29) is 40.7 Å². The maximum Gasteiger partial charge on any atom is 0.416 e. The van der Waals surface area contributed by atoms with Gasteiger partial charge < -0.3 is 15.0 Å². The third-order valence-corrected chi connectivity index (χ3v) is 7.24. The molecule has 0 amide bonds. The van der Waals surface area contributed by atoms with E-state index in [1.165, 1.54) is 22.0 Å². The number of nitrogens with one attached hydrogen (secondary N) is 1. The summed E-state index contributed by atoms with van der Waals surface area (Å²) >= 11 is 7.78. The smallest absolute Gasteiger partial charge is 0.374 e. The van der Waals surface area contributed by atoms with Gasteiger partial charge in [-0.2, -0.15) is 13.2 Å². The van der Waals surface area contributed by atoms with E-state index in [2.05, 4.69) is 15.2 Å². The number of rotatable bonds is 8. The molecule has 0 bridgehead atoms. The molecule has 2 aromatic heterocycles. The summed E-state index contributed by atoms with van der Waals surface area (Å²) < 4.78 is 46.8. The maximum atomic E-state index is 13.6. The number of halogens is 4. The Hall–Kier alpha value is -2.63. The van der Waals surface area contributed by atoms with E-state index in [4.69, 9.17) is 21.3 Å². The van der Waals surface area contributed by atoms with Crippen LogP contribution < -0.4 is 15.8 Å². The van der Waals surface area contributed by atoms with E-state index in [1.54, 1.807) is 13.1 Å². The van der Waals surface area contributed by atoms with Gasteiger partial charge in [-0.05, 0) is 38.5 Å². The summed E-state index contributed by atoms with van der Waals surface area (Å²) in [5.41, 5.74) is -0.0183. The molecule has 0 saturated carbocycles. The van der Waals surface area contributed by atoms with Crippen molar-refractivity contribution in [3.63, 3.8) is 0 Å². The summed E-state index contributed by atoms with van der Waals surface area (Å²) in [5, 5.41) is 6.07. The van der Waals surface area contributed by atoms with Crippen LogP contribution in [-0.2, 0) is 23.9 Å². The molecule has 1 saturated heterocycles. The average Bonchev–Trinajstić information content (AvgIpc) is 3.50. The highest BCUT2D eigenvalue weighted by Crippen LogP contribution is 2.35. The van der Waals surface area contributed by atoms with E-state index in [1.807, 2.05) is 19.2 Å². The molecule has 0 spiro atoms. The largest absolute Gasteiger partial charge is 0.416 e. The van der Waals surface area contributed by atoms with Crippen LogP contribution in [0.25, 0.3) is 11.4 Å². The Kier molecular flexibility index (Phi) is 7.91. The molecule has 3 aromatic rings. The highest BCUT2D eigenvalue weighted by atomic mass is 35.5. The first-order valence-electron chi connectivity index (χ1n) is 11.7. The van der Waals surface area contributed by atoms with Gasteiger partial charge in [0.05, 0.1) is 28.4 Å². The number of aryl methyl sites for hydroxylation is 1. The van der Waals surface area contributed by atoms with Crippen molar-refractivity contribution in [3.05, 3.63) is 56.4 Å². The predicted molar refractivity (Wildman–Crippen MR) is 136 cm³/mol. The first kappa shape index (κ1) is 26.4. The zero-order chi connectivity index (χ0) is 26.0. The molecule has 0 radical (unpaired) electrons. The third-order valence-electron chi connectivity index (χ3n) is 6.10. The lowest BCUT2D eigenvalue weighted by atomic mass is 10.1. The Labute approximate surface area is 215 Å². The second-order valence-electron chi connectivity index (χ2n) is 8.32. The van der Waals surface area contributed by atoms with Crippen LogP contribution in [-0.4, -0.2) is 46.4 Å². The van der Waals surface area contributed by atoms with Gasteiger partial charge in [0, 0.05) is 43.4 Å². The quantitative estimate of drug-likeness (QED) is 0.416. The van der Waals surface area contributed by atoms with Crippen molar-refractivity contribution in [3.8, 4) is 11.4 Å². The Morgan fingerprint density at radius 2 is 2.03 bits per heavy atom. The Morgan fingerprint density at radius 1 is 1.25 bits per heavy atom. The molecule has 2 atom stereocenters. The molecule has 1 aromatic carbocycles. The highest BCUT2D eigenvalue weighted by molar-refractivity contribution is 7.13. The second-order valence-corrected chi connectivity index (χ2v) is 9.60. The number of ether oxygens (including phenoxy) is 1. The van der Waals surface area contributed by atoms with E-state index < -0.39 is 11.7 Å². The number of anilines is 2. The fraction of sp³-hybridized carbons (Fsp3) is 0.458. The summed E-state index contributed by atoms with van der Waals surface area (Å²) in [6.45, 7) is 7.60. The van der Waals surface area contributed by atoms with Gasteiger partial charge in [-0.3, -0.25) is 9.36 Å². The van der Waals surface area contributed by atoms with Gasteiger partial charge in [0.15, 0.2) is 5.13 Å². The van der Waals surface area contributed by atoms with E-state index in [0.717, 1.165) is 17.3 Å². The van der Waals surface area contributed by atoms with Crippen LogP contribution >= 0.6 is 22.9 Å². The van der Waals surface area contributed by atoms with Gasteiger partial charge in [-0.1, -0.05) is 18.5 Å². The molecule has 0 aliphatic carbocycles. The summed E-state index contributed by atoms with van der Waals surface area (Å²) in [6.07, 6.45) is -2.49. The standard InChI is InChI=1S/C24H27ClF3N5O2S/c1-4-17-20(30-18-12-32(13-19(18)35-6-3)23-29-9-10-36-23)22(34)33(5-2)21(31-17)15-8-7-14(11-16(15)25)24(26,27)28/h7-11,18-19,30H,4-6,12-13H2,1-3H3/t18-,19-/m1/s1. The average molecular weight is 542 g/mol. The van der Waals surface area contributed by atoms with Gasteiger partial charge in [-0.25, -0.2) is 9.97 Å². The first-order valence-corrected chi connectivity index (χ1v) is 13.0. The Morgan fingerprint density at radius 3 is 2.61 bits per heavy atom. The minimum absolute atomic E-state index is 0.118. The summed E-state index contributed by atoms with van der Waals surface area (Å²) in [7, 11) is 0. The molecule has 1 aliphatic rings. The lowest BCUT2D eigenvalue weighted by Crippen LogP contribution is -2.38. The number of hydrogen-bond acceptors (Lipinski definition) is 7. The van der Waals surface area contributed by atoms with Crippen molar-refractivity contribution in [1.82, 2.24) is 14.5 Å². The summed E-state index contributed by atoms with van der Waals surface area (Å²) in [5.74, 6) is 0.237. The number of alkyl halides is 3. The molecule has 1 fully saturated rings. The minimum Gasteiger partial charge on any atom is -0.374 e. The SMILES string of the molecule is CCO[C@@H]1CN(c2nccs2)C[C@H]1Nc1c(CC)nc(-c2ccc(C(F)(F)F)cc2Cl)n(CC)c1=O. The molecule has 0 unspecified atom stereocenters. The van der Waals surface area contributed by atoms with Crippen molar-refractivity contribution in [2.75, 3.05) is 29.9 Å². The van der Waals surface area contributed by atoms with Crippen LogP contribution in [0.2, 0.25) is 5.02 Å². The monoisotopic (exact) mass is 541 g/mol. The van der Waals surface area contributed by atoms with Crippen LogP contribution in [0.5, 0.6) is 0 Å². The zero-order valence-electron chi connectivity index (χ0n) is 20.1. The lowest BCUT2D eigenvalue weighted by molar-refractivity contribution is -0.137. The van der Waals surface area contributed by atoms with Crippen LogP contribution in [0.1, 0.15) is 32.0 Å². The molecule has 4 rings (SSSR count). The van der Waals surface area contributed by atoms with Gasteiger partial charge in [-0.15, -0.1) is 11.3 Å². The van der Waals surface area contributed by atoms with E-state index in [0.29, 0.717) is 37.5 Å². The molecule has 7 nitrogen and oxygen atoms in total. The van der Waals surface area contributed by atoms with Crippen molar-refractivity contribution in [2.45, 2.75) is 52.1 Å². The fourth-order valence-electron chi connectivity index (χ4n) is 4.38. The normalized spacial score (nSPS) is 18.1. The van der Waals surface area contributed by atoms with Gasteiger partial charge in [0.1, 0.15) is 11.5 Å². The number of aromatic nitrogens is 3. The Balaban J connectivity index is 1.72. The topological polar surface area (TPSA) is 72.3 Å². The number of nitrogens with zero attached hydrogens (tertiary/aromatic N) is 4. The van der Waals surface area contributed by atoms with E-state index >= 15 is 0 Å². The van der Waals surface area contributed by atoms with Crippen molar-refractivity contribution in [2.24, 2.45) is 0 Å². The molecule has 36 heavy (non-hydrogen) atoms. The second kappa shape index (κ2) is 10.8. The third kappa shape index (κ3) is 5.23. The fourth-order valence-corrected chi connectivity index (χ4v) is 5.31. The predicted octanol–water partition coefficient (Wildman–Crippen LogP) is 5.33. The molecule has 194 valence electrons. The molecular weight excluding hydrogens is 515 g/mol. The van der Waals surface area contributed by atoms with Crippen molar-refractivity contribution in [1.29, 1.82) is 0 Å². The summed E-state index contributed by atoms with van der Waals surface area (Å²) in [4.78, 5) is 24.9. The Bertz CT molecular complexity index is 1270. The number of benzene rings is 1. The van der Waals surface area contributed by atoms with E-state index in [9.17, 15) is 18.0 Å². The van der Waals surface area contributed by atoms with Crippen LogP contribution in [0, 0.1) is 0 Å². The molecular formula is C24H27ClF3N5O2S. The maximum absolute atomic E-state index is 13.6. The molecule has 12 heteroatoms. The van der Waals surface area contributed by atoms with Gasteiger partial charge in [0.25, 0.3) is 5.56 Å². The van der Waals surface area contributed by atoms with Crippen LogP contribution in [0.15, 0.2) is 34.6 Å². The highest BCUT2D eigenvalue weighted by Gasteiger charge is 2.36. The first-order chi connectivity index (χ1) is 17.2. The van der Waals surface area contributed by atoms with Crippen LogP contribution in [0.4, 0.5) is 24.0 Å².